The molecule has 3 aromatic rings. The lowest BCUT2D eigenvalue weighted by Crippen LogP contribution is -1.95. The minimum Gasteiger partial charge on any atom is -0.495 e. The van der Waals surface area contributed by atoms with Crippen LogP contribution in [0.5, 0.6) is 23.0 Å². The van der Waals surface area contributed by atoms with Gasteiger partial charge in [0.1, 0.15) is 5.75 Å². The number of methoxy groups -OCH3 is 4. The van der Waals surface area contributed by atoms with Gasteiger partial charge in [-0.15, -0.1) is 0 Å². The van der Waals surface area contributed by atoms with E-state index in [1.54, 1.807) is 40.6 Å². The summed E-state index contributed by atoms with van der Waals surface area (Å²) in [5.41, 5.74) is 2.57. The van der Waals surface area contributed by atoms with E-state index in [4.69, 9.17) is 18.9 Å². The number of hydrogen-bond acceptors (Lipinski definition) is 8. The number of nitrogens with one attached hydrogen (secondary N) is 1. The molecular weight excluding hydrogens is 444 g/mol. The number of ether oxygens (including phenoxy) is 4. The molecule has 0 aliphatic rings. The highest BCUT2D eigenvalue weighted by atomic mass is 32.2. The molecule has 1 N–H and O–H groups in total. The smallest absolute Gasteiger partial charge is 0.270 e. The first-order valence-corrected chi connectivity index (χ1v) is 10.6. The standard InChI is InChI=1S/C24H24N2O6S/c1-29-21-11-10-16(8-9-17-13-22(30-2)24(32-4)23(14-17)31-3)12-20(21)25-33-19-7-5-6-18(15-19)26(27)28/h5-15,25H,1-4H3/b9-8-. The van der Waals surface area contributed by atoms with Gasteiger partial charge in [0.25, 0.3) is 5.69 Å². The van der Waals surface area contributed by atoms with E-state index in [0.717, 1.165) is 16.8 Å². The van der Waals surface area contributed by atoms with Crippen molar-refractivity contribution in [1.82, 2.24) is 0 Å². The van der Waals surface area contributed by atoms with Crippen LogP contribution in [0.4, 0.5) is 11.4 Å². The van der Waals surface area contributed by atoms with E-state index in [0.29, 0.717) is 27.9 Å². The third kappa shape index (κ3) is 5.89. The maximum absolute atomic E-state index is 11.0. The van der Waals surface area contributed by atoms with Crippen molar-refractivity contribution in [2.24, 2.45) is 0 Å². The summed E-state index contributed by atoms with van der Waals surface area (Å²) >= 11 is 1.27. The Labute approximate surface area is 196 Å². The molecule has 0 saturated carbocycles. The molecule has 0 amide bonds. The van der Waals surface area contributed by atoms with Crippen molar-refractivity contribution >= 4 is 35.5 Å². The van der Waals surface area contributed by atoms with Crippen LogP contribution in [-0.4, -0.2) is 33.4 Å². The van der Waals surface area contributed by atoms with E-state index in [9.17, 15) is 10.1 Å². The van der Waals surface area contributed by atoms with Crippen LogP contribution in [-0.2, 0) is 0 Å². The first-order valence-electron chi connectivity index (χ1n) is 9.82. The second-order valence-electron chi connectivity index (χ2n) is 6.71. The minimum absolute atomic E-state index is 0.0378. The van der Waals surface area contributed by atoms with E-state index in [1.165, 1.54) is 24.1 Å². The molecule has 0 spiro atoms. The molecule has 0 saturated heterocycles. The Morgan fingerprint density at radius 3 is 2.09 bits per heavy atom. The number of hydrogen-bond donors (Lipinski definition) is 1. The number of benzene rings is 3. The summed E-state index contributed by atoms with van der Waals surface area (Å²) in [5.74, 6) is 2.33. The van der Waals surface area contributed by atoms with Crippen molar-refractivity contribution in [3.63, 3.8) is 0 Å². The van der Waals surface area contributed by atoms with Crippen molar-refractivity contribution in [3.05, 3.63) is 75.8 Å². The normalized spacial score (nSPS) is 10.7. The average Bonchev–Trinajstić information content (AvgIpc) is 2.85. The van der Waals surface area contributed by atoms with Gasteiger partial charge in [-0.3, -0.25) is 10.1 Å². The Hall–Kier alpha value is -3.85. The predicted molar refractivity (Wildman–Crippen MR) is 131 cm³/mol. The summed E-state index contributed by atoms with van der Waals surface area (Å²) in [6, 6.07) is 15.8. The lowest BCUT2D eigenvalue weighted by atomic mass is 10.1. The van der Waals surface area contributed by atoms with Gasteiger partial charge in [-0.25, -0.2) is 0 Å². The summed E-state index contributed by atoms with van der Waals surface area (Å²) in [4.78, 5) is 11.3. The van der Waals surface area contributed by atoms with Gasteiger partial charge in [0.05, 0.1) is 39.0 Å². The van der Waals surface area contributed by atoms with Crippen LogP contribution in [0, 0.1) is 10.1 Å². The molecule has 3 rings (SSSR count). The van der Waals surface area contributed by atoms with Crippen molar-refractivity contribution in [2.45, 2.75) is 4.90 Å². The van der Waals surface area contributed by atoms with Crippen LogP contribution >= 0.6 is 11.9 Å². The van der Waals surface area contributed by atoms with Crippen molar-refractivity contribution < 1.29 is 23.9 Å². The predicted octanol–water partition coefficient (Wildman–Crippen LogP) is 5.92. The number of non-ortho nitro benzene ring substituents is 1. The second-order valence-corrected chi connectivity index (χ2v) is 7.59. The zero-order chi connectivity index (χ0) is 23.8. The SMILES string of the molecule is COc1ccc(/C=C\c2cc(OC)c(OC)c(OC)c2)cc1NSc1cccc([N+](=O)[O-])c1. The highest BCUT2D eigenvalue weighted by Crippen LogP contribution is 2.39. The summed E-state index contributed by atoms with van der Waals surface area (Å²) < 4.78 is 24.8. The molecule has 0 unspecified atom stereocenters. The van der Waals surface area contributed by atoms with Crippen LogP contribution in [0.3, 0.4) is 0 Å². The maximum atomic E-state index is 11.0. The molecule has 3 aromatic carbocycles. The third-order valence-electron chi connectivity index (χ3n) is 4.69. The fraction of sp³-hybridized carbons (Fsp3) is 0.167. The van der Waals surface area contributed by atoms with Gasteiger partial charge in [-0.2, -0.15) is 0 Å². The number of nitrogens with zero attached hydrogens (tertiary/aromatic N) is 1. The molecule has 172 valence electrons. The fourth-order valence-corrected chi connectivity index (χ4v) is 3.79. The van der Waals surface area contributed by atoms with Gasteiger partial charge < -0.3 is 23.7 Å². The van der Waals surface area contributed by atoms with Gasteiger partial charge in [0, 0.05) is 17.0 Å². The molecule has 0 atom stereocenters. The molecule has 0 heterocycles. The van der Waals surface area contributed by atoms with Crippen LogP contribution in [0.1, 0.15) is 11.1 Å². The van der Waals surface area contributed by atoms with Gasteiger partial charge in [-0.05, 0) is 53.4 Å². The van der Waals surface area contributed by atoms with Gasteiger partial charge in [0.15, 0.2) is 11.5 Å². The summed E-state index contributed by atoms with van der Waals surface area (Å²) in [6.07, 6.45) is 3.88. The molecule has 33 heavy (non-hydrogen) atoms. The largest absolute Gasteiger partial charge is 0.495 e. The van der Waals surface area contributed by atoms with E-state index >= 15 is 0 Å². The number of nitro groups is 1. The highest BCUT2D eigenvalue weighted by molar-refractivity contribution is 8.00. The Bertz CT molecular complexity index is 1140. The molecule has 9 heteroatoms. The number of anilines is 1. The lowest BCUT2D eigenvalue weighted by molar-refractivity contribution is -0.385. The quantitative estimate of drug-likeness (QED) is 0.170. The fourth-order valence-electron chi connectivity index (χ4n) is 3.07. The van der Waals surface area contributed by atoms with Crippen LogP contribution < -0.4 is 23.7 Å². The second kappa shape index (κ2) is 11.1. The lowest BCUT2D eigenvalue weighted by Gasteiger charge is -2.13. The first kappa shape index (κ1) is 23.8. The van der Waals surface area contributed by atoms with E-state index < -0.39 is 4.92 Å². The molecule has 8 nitrogen and oxygen atoms in total. The van der Waals surface area contributed by atoms with Gasteiger partial charge in [-0.1, -0.05) is 24.3 Å². The van der Waals surface area contributed by atoms with E-state index in [2.05, 4.69) is 4.72 Å². The number of nitro benzene ring substituents is 1. The van der Waals surface area contributed by atoms with E-state index in [-0.39, 0.29) is 5.69 Å². The molecule has 0 bridgehead atoms. The molecule has 0 aromatic heterocycles. The zero-order valence-corrected chi connectivity index (χ0v) is 19.5. The van der Waals surface area contributed by atoms with Crippen molar-refractivity contribution in [2.75, 3.05) is 33.2 Å². The first-order chi connectivity index (χ1) is 16.0. The zero-order valence-electron chi connectivity index (χ0n) is 18.7. The number of rotatable bonds is 10. The Kier molecular flexibility index (Phi) is 8.04. The molecule has 0 aliphatic heterocycles. The summed E-state index contributed by atoms with van der Waals surface area (Å²) in [5, 5.41) is 11.0. The van der Waals surface area contributed by atoms with Gasteiger partial charge in [0.2, 0.25) is 5.75 Å². The highest BCUT2D eigenvalue weighted by Gasteiger charge is 2.12. The Morgan fingerprint density at radius 2 is 1.48 bits per heavy atom. The van der Waals surface area contributed by atoms with Crippen LogP contribution in [0.2, 0.25) is 0 Å². The maximum Gasteiger partial charge on any atom is 0.270 e. The molecule has 0 fully saturated rings. The third-order valence-corrected chi connectivity index (χ3v) is 5.50. The van der Waals surface area contributed by atoms with Crippen LogP contribution in [0.15, 0.2) is 59.5 Å². The minimum atomic E-state index is -0.417. The topological polar surface area (TPSA) is 92.1 Å². The monoisotopic (exact) mass is 468 g/mol. The van der Waals surface area contributed by atoms with Crippen LogP contribution in [0.25, 0.3) is 12.2 Å². The summed E-state index contributed by atoms with van der Waals surface area (Å²) in [7, 11) is 6.30. The molecule has 0 aliphatic carbocycles. The molecule has 0 radical (unpaired) electrons. The van der Waals surface area contributed by atoms with Crippen molar-refractivity contribution in [3.8, 4) is 23.0 Å². The summed E-state index contributed by atoms with van der Waals surface area (Å²) in [6.45, 7) is 0. The van der Waals surface area contributed by atoms with Gasteiger partial charge >= 0.3 is 0 Å². The van der Waals surface area contributed by atoms with Crippen molar-refractivity contribution in [1.29, 1.82) is 0 Å². The Morgan fingerprint density at radius 1 is 0.818 bits per heavy atom. The average molecular weight is 469 g/mol. The molecular formula is C24H24N2O6S. The van der Waals surface area contributed by atoms with E-state index in [1.807, 2.05) is 42.5 Å². The Balaban J connectivity index is 1.83.